The molecule has 1 aromatic carbocycles. The fourth-order valence-electron chi connectivity index (χ4n) is 2.71. The Labute approximate surface area is 146 Å². The molecule has 24 heavy (non-hydrogen) atoms. The number of furan rings is 1. The third-order valence-corrected chi connectivity index (χ3v) is 4.29. The van der Waals surface area contributed by atoms with Crippen LogP contribution in [0, 0.1) is 0 Å². The number of likely N-dealkylation sites (N-methyl/N-ethyl adjacent to an activating group) is 1. The Hall–Kier alpha value is -2.38. The van der Waals surface area contributed by atoms with Gasteiger partial charge < -0.3 is 19.5 Å². The Morgan fingerprint density at radius 3 is 2.67 bits per heavy atom. The molecule has 0 saturated carbocycles. The van der Waals surface area contributed by atoms with Crippen molar-refractivity contribution < 1.29 is 14.1 Å². The number of carbonyl (C=O) groups excluding carboxylic acids is 1. The van der Waals surface area contributed by atoms with Crippen LogP contribution in [0.3, 0.4) is 0 Å². The van der Waals surface area contributed by atoms with Crippen LogP contribution < -0.4 is 20.4 Å². The van der Waals surface area contributed by atoms with Crippen molar-refractivity contribution in [1.29, 1.82) is 0 Å². The van der Waals surface area contributed by atoms with Gasteiger partial charge in [0.1, 0.15) is 0 Å². The normalized spacial score (nSPS) is 15.1. The summed E-state index contributed by atoms with van der Waals surface area (Å²) >= 11 is 5.26. The predicted molar refractivity (Wildman–Crippen MR) is 97.7 cm³/mol. The average Bonchev–Trinajstić information content (AvgIpc) is 3.11. The van der Waals surface area contributed by atoms with Gasteiger partial charge in [-0.05, 0) is 36.5 Å². The number of nitrogens with zero attached hydrogens (tertiary/aromatic N) is 1. The lowest BCUT2D eigenvalue weighted by Crippen LogP contribution is -3.12. The number of amides is 1. The SMILES string of the molecule is C[NH+]1CCN(c2ccccc2NC(=S)NC(=O)c2ccco2)CC1. The van der Waals surface area contributed by atoms with Crippen molar-refractivity contribution in [3.8, 4) is 0 Å². The summed E-state index contributed by atoms with van der Waals surface area (Å²) in [5, 5.41) is 6.01. The molecule has 1 aromatic heterocycles. The van der Waals surface area contributed by atoms with Crippen LogP contribution in [0.5, 0.6) is 0 Å². The number of para-hydroxylation sites is 2. The summed E-state index contributed by atoms with van der Waals surface area (Å²) in [5.74, 6) is -0.132. The predicted octanol–water partition coefficient (Wildman–Crippen LogP) is 0.741. The number of carbonyl (C=O) groups is 1. The van der Waals surface area contributed by atoms with E-state index in [1.165, 1.54) is 11.2 Å². The van der Waals surface area contributed by atoms with E-state index in [1.807, 2.05) is 18.2 Å². The third-order valence-electron chi connectivity index (χ3n) is 4.08. The highest BCUT2D eigenvalue weighted by atomic mass is 32.1. The molecule has 3 N–H and O–H groups in total. The Morgan fingerprint density at radius 1 is 1.21 bits per heavy atom. The third kappa shape index (κ3) is 3.93. The zero-order chi connectivity index (χ0) is 16.9. The molecule has 0 radical (unpaired) electrons. The summed E-state index contributed by atoms with van der Waals surface area (Å²) in [6, 6.07) is 11.3. The number of piperazine rings is 1. The van der Waals surface area contributed by atoms with E-state index in [1.54, 1.807) is 12.1 Å². The maximum atomic E-state index is 12.0. The molecule has 1 amide bonds. The van der Waals surface area contributed by atoms with Crippen LogP contribution >= 0.6 is 12.2 Å². The van der Waals surface area contributed by atoms with Crippen LogP contribution in [0.25, 0.3) is 0 Å². The van der Waals surface area contributed by atoms with Crippen LogP contribution in [0.2, 0.25) is 0 Å². The van der Waals surface area contributed by atoms with Gasteiger partial charge in [0.05, 0.1) is 50.9 Å². The summed E-state index contributed by atoms with van der Waals surface area (Å²) in [4.78, 5) is 15.9. The second kappa shape index (κ2) is 7.46. The Kier molecular flexibility index (Phi) is 5.12. The fraction of sp³-hybridized carbons (Fsp3) is 0.294. The first-order chi connectivity index (χ1) is 11.6. The lowest BCUT2D eigenvalue weighted by Gasteiger charge is -2.33. The van der Waals surface area contributed by atoms with Crippen LogP contribution in [0.15, 0.2) is 47.1 Å². The first-order valence-corrected chi connectivity index (χ1v) is 8.35. The van der Waals surface area contributed by atoms with E-state index in [4.69, 9.17) is 16.6 Å². The van der Waals surface area contributed by atoms with E-state index in [2.05, 4.69) is 28.6 Å². The quantitative estimate of drug-likeness (QED) is 0.717. The molecule has 0 aliphatic carbocycles. The molecule has 1 aliphatic rings. The lowest BCUT2D eigenvalue weighted by molar-refractivity contribution is -0.880. The molecule has 3 rings (SSSR count). The number of benzene rings is 1. The minimum absolute atomic E-state index is 0.231. The highest BCUT2D eigenvalue weighted by Crippen LogP contribution is 2.25. The molecule has 1 saturated heterocycles. The molecule has 0 atom stereocenters. The van der Waals surface area contributed by atoms with Crippen LogP contribution in [-0.2, 0) is 0 Å². The van der Waals surface area contributed by atoms with Gasteiger partial charge in [0.2, 0.25) is 0 Å². The number of anilines is 2. The standard InChI is InChI=1S/C17H20N4O2S/c1-20-8-10-21(11-9-20)14-6-3-2-5-13(14)18-17(24)19-16(22)15-7-4-12-23-15/h2-7,12H,8-11H2,1H3,(H2,18,19,22,24)/p+1. The number of hydrogen-bond donors (Lipinski definition) is 3. The molecule has 1 aliphatic heterocycles. The van der Waals surface area contributed by atoms with Crippen molar-refractivity contribution in [3.63, 3.8) is 0 Å². The monoisotopic (exact) mass is 345 g/mol. The van der Waals surface area contributed by atoms with Crippen molar-refractivity contribution in [3.05, 3.63) is 48.4 Å². The molecule has 2 heterocycles. The largest absolute Gasteiger partial charge is 0.459 e. The smallest absolute Gasteiger partial charge is 0.293 e. The molecule has 0 spiro atoms. The van der Waals surface area contributed by atoms with Crippen LogP contribution in [-0.4, -0.2) is 44.2 Å². The van der Waals surface area contributed by atoms with Crippen molar-refractivity contribution in [1.82, 2.24) is 5.32 Å². The fourth-order valence-corrected chi connectivity index (χ4v) is 2.91. The van der Waals surface area contributed by atoms with E-state index in [0.29, 0.717) is 0 Å². The van der Waals surface area contributed by atoms with Crippen molar-refractivity contribution in [2.45, 2.75) is 0 Å². The van der Waals surface area contributed by atoms with Gasteiger partial charge in [0, 0.05) is 0 Å². The van der Waals surface area contributed by atoms with Gasteiger partial charge in [-0.1, -0.05) is 12.1 Å². The minimum atomic E-state index is -0.363. The average molecular weight is 345 g/mol. The van der Waals surface area contributed by atoms with E-state index in [-0.39, 0.29) is 16.8 Å². The van der Waals surface area contributed by atoms with Crippen LogP contribution in [0.1, 0.15) is 10.6 Å². The van der Waals surface area contributed by atoms with E-state index >= 15 is 0 Å². The summed E-state index contributed by atoms with van der Waals surface area (Å²) in [7, 11) is 2.21. The van der Waals surface area contributed by atoms with Crippen molar-refractivity contribution >= 4 is 34.6 Å². The van der Waals surface area contributed by atoms with E-state index < -0.39 is 0 Å². The molecule has 0 bridgehead atoms. The van der Waals surface area contributed by atoms with Gasteiger partial charge in [-0.15, -0.1) is 0 Å². The molecule has 126 valence electrons. The van der Waals surface area contributed by atoms with Gasteiger partial charge in [0.15, 0.2) is 10.9 Å². The highest BCUT2D eigenvalue weighted by Gasteiger charge is 2.19. The summed E-state index contributed by atoms with van der Waals surface area (Å²) in [6.45, 7) is 4.20. The number of rotatable bonds is 3. The van der Waals surface area contributed by atoms with Gasteiger partial charge >= 0.3 is 0 Å². The highest BCUT2D eigenvalue weighted by molar-refractivity contribution is 7.80. The van der Waals surface area contributed by atoms with Crippen molar-refractivity contribution in [2.24, 2.45) is 0 Å². The summed E-state index contributed by atoms with van der Waals surface area (Å²) in [6.07, 6.45) is 1.45. The summed E-state index contributed by atoms with van der Waals surface area (Å²) < 4.78 is 5.07. The lowest BCUT2D eigenvalue weighted by atomic mass is 10.2. The maximum Gasteiger partial charge on any atom is 0.293 e. The Balaban J connectivity index is 1.66. The number of hydrogen-bond acceptors (Lipinski definition) is 4. The zero-order valence-electron chi connectivity index (χ0n) is 13.5. The second-order valence-electron chi connectivity index (χ2n) is 5.85. The molecule has 6 nitrogen and oxygen atoms in total. The Morgan fingerprint density at radius 2 is 1.96 bits per heavy atom. The Bertz CT molecular complexity index is 709. The van der Waals surface area contributed by atoms with Gasteiger partial charge in [-0.3, -0.25) is 10.1 Å². The second-order valence-corrected chi connectivity index (χ2v) is 6.26. The summed E-state index contributed by atoms with van der Waals surface area (Å²) in [5.41, 5.74) is 1.99. The number of nitrogens with one attached hydrogen (secondary N) is 3. The number of quaternary nitrogens is 1. The van der Waals surface area contributed by atoms with E-state index in [0.717, 1.165) is 37.6 Å². The molecule has 2 aromatic rings. The van der Waals surface area contributed by atoms with Gasteiger partial charge in [-0.25, -0.2) is 0 Å². The molecular formula is C17H21N4O2S+. The first-order valence-electron chi connectivity index (χ1n) is 7.94. The van der Waals surface area contributed by atoms with Gasteiger partial charge in [-0.2, -0.15) is 0 Å². The molecule has 1 fully saturated rings. The minimum Gasteiger partial charge on any atom is -0.459 e. The maximum absolute atomic E-state index is 12.0. The van der Waals surface area contributed by atoms with E-state index in [9.17, 15) is 4.79 Å². The topological polar surface area (TPSA) is 62.0 Å². The van der Waals surface area contributed by atoms with Gasteiger partial charge in [0.25, 0.3) is 5.91 Å². The number of thiocarbonyl (C=S) groups is 1. The molecule has 7 heteroatoms. The molecular weight excluding hydrogens is 324 g/mol. The molecule has 0 unspecified atom stereocenters. The zero-order valence-corrected chi connectivity index (χ0v) is 14.4. The van der Waals surface area contributed by atoms with Crippen LogP contribution in [0.4, 0.5) is 11.4 Å². The first kappa shape index (κ1) is 16.5. The van der Waals surface area contributed by atoms with Crippen molar-refractivity contribution in [2.75, 3.05) is 43.4 Å².